The van der Waals surface area contributed by atoms with Gasteiger partial charge in [0.05, 0.1) is 40.5 Å². The molecule has 2 aromatic carbocycles. The second kappa shape index (κ2) is 9.71. The summed E-state index contributed by atoms with van der Waals surface area (Å²) >= 11 is 6.58. The van der Waals surface area contributed by atoms with Gasteiger partial charge in [-0.3, -0.25) is 9.59 Å². The van der Waals surface area contributed by atoms with Crippen LogP contribution in [0.3, 0.4) is 0 Å². The summed E-state index contributed by atoms with van der Waals surface area (Å²) in [6, 6.07) is 9.64. The smallest absolute Gasteiger partial charge is 0.416 e. The van der Waals surface area contributed by atoms with Crippen molar-refractivity contribution >= 4 is 23.5 Å². The van der Waals surface area contributed by atoms with E-state index in [1.165, 1.54) is 23.0 Å². The van der Waals surface area contributed by atoms with Crippen molar-refractivity contribution in [3.05, 3.63) is 70.4 Å². The number of fused-ring (bicyclic) bond motifs is 1. The number of aliphatic carboxylic acids is 2. The zero-order valence-corrected chi connectivity index (χ0v) is 19.0. The normalized spacial score (nSPS) is 16.9. The van der Waals surface area contributed by atoms with E-state index in [1.54, 1.807) is 18.2 Å². The molecule has 0 bridgehead atoms. The molecule has 3 N–H and O–H groups in total. The minimum absolute atomic E-state index is 0.267. The van der Waals surface area contributed by atoms with Crippen molar-refractivity contribution in [2.75, 3.05) is 13.1 Å². The van der Waals surface area contributed by atoms with E-state index in [0.29, 0.717) is 46.1 Å². The van der Waals surface area contributed by atoms with Crippen LogP contribution in [0.4, 0.5) is 13.2 Å². The topological polar surface area (TPSA) is 104 Å². The van der Waals surface area contributed by atoms with Gasteiger partial charge in [0.2, 0.25) is 0 Å². The minimum Gasteiger partial charge on any atom is -0.481 e. The first-order chi connectivity index (χ1) is 16.6. The van der Waals surface area contributed by atoms with Crippen molar-refractivity contribution < 1.29 is 33.0 Å². The fraction of sp³-hybridized carbons (Fsp3) is 0.292. The number of hydrogen-bond donors (Lipinski definition) is 3. The number of benzene rings is 2. The SMILES string of the molecule is O=C(O)CC(C(=O)O)C1CNCCc2c1ccc(Cl)c2-n1nccc1-c1ccc(C(F)(F)F)cc1. The van der Waals surface area contributed by atoms with Crippen LogP contribution in [0.25, 0.3) is 16.9 Å². The summed E-state index contributed by atoms with van der Waals surface area (Å²) in [6.45, 7) is 0.760. The van der Waals surface area contributed by atoms with E-state index in [9.17, 15) is 33.0 Å². The molecule has 184 valence electrons. The van der Waals surface area contributed by atoms with Crippen molar-refractivity contribution in [1.82, 2.24) is 15.1 Å². The molecule has 3 aromatic rings. The number of carbonyl (C=O) groups is 2. The lowest BCUT2D eigenvalue weighted by Gasteiger charge is -2.25. The van der Waals surface area contributed by atoms with Gasteiger partial charge in [0, 0.05) is 18.0 Å². The molecule has 7 nitrogen and oxygen atoms in total. The van der Waals surface area contributed by atoms with Crippen LogP contribution in [0, 0.1) is 5.92 Å². The zero-order valence-electron chi connectivity index (χ0n) is 18.2. The van der Waals surface area contributed by atoms with Gasteiger partial charge >= 0.3 is 18.1 Å². The molecular formula is C24H21ClF3N3O4. The highest BCUT2D eigenvalue weighted by Crippen LogP contribution is 2.39. The lowest BCUT2D eigenvalue weighted by atomic mass is 9.81. The molecule has 11 heteroatoms. The monoisotopic (exact) mass is 507 g/mol. The van der Waals surface area contributed by atoms with E-state index >= 15 is 0 Å². The Morgan fingerprint density at radius 1 is 1.14 bits per heavy atom. The lowest BCUT2D eigenvalue weighted by molar-refractivity contribution is -0.149. The molecule has 1 aliphatic rings. The van der Waals surface area contributed by atoms with Gasteiger partial charge < -0.3 is 15.5 Å². The van der Waals surface area contributed by atoms with Crippen LogP contribution in [-0.2, 0) is 22.2 Å². The largest absolute Gasteiger partial charge is 0.481 e. The highest BCUT2D eigenvalue weighted by molar-refractivity contribution is 6.32. The molecule has 0 spiro atoms. The van der Waals surface area contributed by atoms with Gasteiger partial charge in [0.15, 0.2) is 0 Å². The first-order valence-corrected chi connectivity index (χ1v) is 11.1. The summed E-state index contributed by atoms with van der Waals surface area (Å²) in [7, 11) is 0. The third-order valence-electron chi connectivity index (χ3n) is 6.15. The molecule has 1 aromatic heterocycles. The Bertz CT molecular complexity index is 1260. The summed E-state index contributed by atoms with van der Waals surface area (Å²) in [6.07, 6.45) is -3.04. The van der Waals surface area contributed by atoms with Crippen molar-refractivity contribution in [3.63, 3.8) is 0 Å². The molecule has 4 rings (SSSR count). The molecule has 35 heavy (non-hydrogen) atoms. The molecule has 0 amide bonds. The number of carboxylic acids is 2. The molecule has 0 radical (unpaired) electrons. The average Bonchev–Trinajstić information content (AvgIpc) is 3.17. The first-order valence-electron chi connectivity index (χ1n) is 10.8. The van der Waals surface area contributed by atoms with Gasteiger partial charge in [-0.05, 0) is 48.4 Å². The van der Waals surface area contributed by atoms with Crippen LogP contribution >= 0.6 is 11.6 Å². The van der Waals surface area contributed by atoms with Gasteiger partial charge in [-0.15, -0.1) is 0 Å². The summed E-state index contributed by atoms with van der Waals surface area (Å²) in [5, 5.41) is 26.9. The standard InChI is InChI=1S/C24H21ClF3N3O4/c25-19-6-5-15-16(7-9-29-12-18(15)17(23(34)35)11-21(32)33)22(19)31-20(8-10-30-31)13-1-3-14(4-2-13)24(26,27)28/h1-6,8,10,17-18,29H,7,9,11-12H2,(H,32,33)(H,34,35). The van der Waals surface area contributed by atoms with E-state index in [-0.39, 0.29) is 6.54 Å². The highest BCUT2D eigenvalue weighted by Gasteiger charge is 2.35. The van der Waals surface area contributed by atoms with Crippen molar-refractivity contribution in [1.29, 1.82) is 0 Å². The quantitative estimate of drug-likeness (QED) is 0.450. The fourth-order valence-electron chi connectivity index (χ4n) is 4.52. The molecule has 0 fully saturated rings. The van der Waals surface area contributed by atoms with Crippen molar-refractivity contribution in [3.8, 4) is 16.9 Å². The number of halogens is 4. The van der Waals surface area contributed by atoms with E-state index in [4.69, 9.17) is 11.6 Å². The van der Waals surface area contributed by atoms with Crippen LogP contribution in [0.5, 0.6) is 0 Å². The van der Waals surface area contributed by atoms with E-state index in [1.807, 2.05) is 0 Å². The molecule has 2 heterocycles. The zero-order chi connectivity index (χ0) is 25.3. The van der Waals surface area contributed by atoms with E-state index in [0.717, 1.165) is 12.1 Å². The average molecular weight is 508 g/mol. The van der Waals surface area contributed by atoms with Gasteiger partial charge in [-0.1, -0.05) is 29.8 Å². The van der Waals surface area contributed by atoms with Gasteiger partial charge in [0.25, 0.3) is 0 Å². The van der Waals surface area contributed by atoms with Crippen LogP contribution in [0.15, 0.2) is 48.7 Å². The number of aromatic nitrogens is 2. The number of nitrogens with zero attached hydrogens (tertiary/aromatic N) is 2. The minimum atomic E-state index is -4.46. The Kier molecular flexibility index (Phi) is 6.86. The number of nitrogens with one attached hydrogen (secondary N) is 1. The van der Waals surface area contributed by atoms with Crippen LogP contribution in [0.2, 0.25) is 5.02 Å². The van der Waals surface area contributed by atoms with Crippen LogP contribution < -0.4 is 5.32 Å². The Morgan fingerprint density at radius 3 is 2.49 bits per heavy atom. The maximum atomic E-state index is 13.0. The van der Waals surface area contributed by atoms with Crippen LogP contribution in [-0.4, -0.2) is 45.0 Å². The maximum absolute atomic E-state index is 13.0. The van der Waals surface area contributed by atoms with Gasteiger partial charge in [0.1, 0.15) is 0 Å². The fourth-order valence-corrected chi connectivity index (χ4v) is 4.78. The van der Waals surface area contributed by atoms with Crippen molar-refractivity contribution in [2.45, 2.75) is 24.9 Å². The van der Waals surface area contributed by atoms with Gasteiger partial charge in [-0.2, -0.15) is 18.3 Å². The number of carboxylic acid groups (broad SMARTS) is 2. The molecular weight excluding hydrogens is 487 g/mol. The Balaban J connectivity index is 1.83. The highest BCUT2D eigenvalue weighted by atomic mass is 35.5. The summed E-state index contributed by atoms with van der Waals surface area (Å²) in [5.74, 6) is -4.23. The number of rotatable bonds is 6. The lowest BCUT2D eigenvalue weighted by Crippen LogP contribution is -2.31. The summed E-state index contributed by atoms with van der Waals surface area (Å²) in [5.41, 5.74) is 2.06. The predicted octanol–water partition coefficient (Wildman–Crippen LogP) is 4.62. The third kappa shape index (κ3) is 5.03. The van der Waals surface area contributed by atoms with Crippen LogP contribution in [0.1, 0.15) is 29.0 Å². The third-order valence-corrected chi connectivity index (χ3v) is 6.45. The molecule has 0 saturated heterocycles. The first kappa shape index (κ1) is 24.7. The van der Waals surface area contributed by atoms with Crippen molar-refractivity contribution in [2.24, 2.45) is 5.92 Å². The number of alkyl halides is 3. The number of hydrogen-bond acceptors (Lipinski definition) is 4. The second-order valence-electron chi connectivity index (χ2n) is 8.27. The molecule has 2 atom stereocenters. The molecule has 2 unspecified atom stereocenters. The second-order valence-corrected chi connectivity index (χ2v) is 8.68. The van der Waals surface area contributed by atoms with E-state index in [2.05, 4.69) is 10.4 Å². The Hall–Kier alpha value is -3.37. The molecule has 0 saturated carbocycles. The van der Waals surface area contributed by atoms with Gasteiger partial charge in [-0.25, -0.2) is 4.68 Å². The summed E-state index contributed by atoms with van der Waals surface area (Å²) in [4.78, 5) is 23.3. The molecule has 0 aliphatic carbocycles. The Morgan fingerprint density at radius 2 is 1.86 bits per heavy atom. The Labute approximate surface area is 203 Å². The molecule has 1 aliphatic heterocycles. The summed E-state index contributed by atoms with van der Waals surface area (Å²) < 4.78 is 40.5. The van der Waals surface area contributed by atoms with E-state index < -0.39 is 41.9 Å². The predicted molar refractivity (Wildman–Crippen MR) is 122 cm³/mol. The maximum Gasteiger partial charge on any atom is 0.416 e.